The van der Waals surface area contributed by atoms with Gasteiger partial charge in [0.1, 0.15) is 0 Å². The van der Waals surface area contributed by atoms with Crippen molar-refractivity contribution in [3.05, 3.63) is 22.7 Å². The standard InChI is InChI=1S/C16H23BrN2O2/c1-12(2)3-6-16(20)18-14-11-13(17)4-5-15(14)19-7-9-21-10-8-19/h4-5,11-12H,3,6-10H2,1-2H3,(H,18,20). The average Bonchev–Trinajstić information content (AvgIpc) is 2.46. The molecule has 1 fully saturated rings. The molecule has 0 radical (unpaired) electrons. The monoisotopic (exact) mass is 354 g/mol. The lowest BCUT2D eigenvalue weighted by atomic mass is 10.1. The normalized spacial score (nSPS) is 15.3. The first-order valence-corrected chi connectivity index (χ1v) is 8.27. The first kappa shape index (κ1) is 16.3. The number of ether oxygens (including phenoxy) is 1. The van der Waals surface area contributed by atoms with Gasteiger partial charge in [0, 0.05) is 24.0 Å². The van der Waals surface area contributed by atoms with E-state index < -0.39 is 0 Å². The van der Waals surface area contributed by atoms with Crippen LogP contribution in [-0.2, 0) is 9.53 Å². The van der Waals surface area contributed by atoms with Gasteiger partial charge >= 0.3 is 0 Å². The number of halogens is 1. The Bertz CT molecular complexity index is 485. The van der Waals surface area contributed by atoms with Gasteiger partial charge in [0.05, 0.1) is 24.6 Å². The molecule has 1 aliphatic rings. The van der Waals surface area contributed by atoms with Crippen LogP contribution in [0.15, 0.2) is 22.7 Å². The Labute approximate surface area is 135 Å². The van der Waals surface area contributed by atoms with Crippen molar-refractivity contribution in [2.75, 3.05) is 36.5 Å². The zero-order valence-corrected chi connectivity index (χ0v) is 14.3. The summed E-state index contributed by atoms with van der Waals surface area (Å²) in [6, 6.07) is 6.03. The van der Waals surface area contributed by atoms with Crippen LogP contribution in [0.5, 0.6) is 0 Å². The number of nitrogens with zero attached hydrogens (tertiary/aromatic N) is 1. The Morgan fingerprint density at radius 1 is 1.38 bits per heavy atom. The Balaban J connectivity index is 2.09. The van der Waals surface area contributed by atoms with Crippen molar-refractivity contribution >= 4 is 33.2 Å². The lowest BCUT2D eigenvalue weighted by Crippen LogP contribution is -2.36. The molecule has 116 valence electrons. The summed E-state index contributed by atoms with van der Waals surface area (Å²) < 4.78 is 6.36. The number of anilines is 2. The van der Waals surface area contributed by atoms with Gasteiger partial charge in [0.15, 0.2) is 0 Å². The van der Waals surface area contributed by atoms with Crippen molar-refractivity contribution in [2.45, 2.75) is 26.7 Å². The molecular formula is C16H23BrN2O2. The van der Waals surface area contributed by atoms with Gasteiger partial charge in [-0.2, -0.15) is 0 Å². The molecule has 4 nitrogen and oxygen atoms in total. The van der Waals surface area contributed by atoms with Crippen molar-refractivity contribution in [3.8, 4) is 0 Å². The third-order valence-electron chi connectivity index (χ3n) is 3.53. The van der Waals surface area contributed by atoms with Crippen LogP contribution in [0.3, 0.4) is 0 Å². The van der Waals surface area contributed by atoms with E-state index in [4.69, 9.17) is 4.74 Å². The Morgan fingerprint density at radius 3 is 2.76 bits per heavy atom. The van der Waals surface area contributed by atoms with Gasteiger partial charge in [0.2, 0.25) is 5.91 Å². The highest BCUT2D eigenvalue weighted by molar-refractivity contribution is 9.10. The summed E-state index contributed by atoms with van der Waals surface area (Å²) in [6.07, 6.45) is 1.47. The highest BCUT2D eigenvalue weighted by Crippen LogP contribution is 2.30. The third-order valence-corrected chi connectivity index (χ3v) is 4.03. The second-order valence-corrected chi connectivity index (χ2v) is 6.66. The molecule has 0 atom stereocenters. The summed E-state index contributed by atoms with van der Waals surface area (Å²) >= 11 is 3.48. The number of nitrogens with one attached hydrogen (secondary N) is 1. The molecule has 0 saturated carbocycles. The van der Waals surface area contributed by atoms with Crippen molar-refractivity contribution in [1.82, 2.24) is 0 Å². The van der Waals surface area contributed by atoms with Crippen molar-refractivity contribution < 1.29 is 9.53 Å². The molecule has 0 unspecified atom stereocenters. The van der Waals surface area contributed by atoms with Crippen molar-refractivity contribution in [1.29, 1.82) is 0 Å². The van der Waals surface area contributed by atoms with Gasteiger partial charge in [-0.1, -0.05) is 29.8 Å². The smallest absolute Gasteiger partial charge is 0.224 e. The van der Waals surface area contributed by atoms with Crippen LogP contribution in [-0.4, -0.2) is 32.2 Å². The first-order valence-electron chi connectivity index (χ1n) is 7.48. The zero-order valence-electron chi connectivity index (χ0n) is 12.7. The number of hydrogen-bond donors (Lipinski definition) is 1. The molecule has 2 rings (SSSR count). The topological polar surface area (TPSA) is 41.6 Å². The molecule has 0 spiro atoms. The second-order valence-electron chi connectivity index (χ2n) is 5.74. The van der Waals surface area contributed by atoms with Gasteiger partial charge < -0.3 is 15.0 Å². The summed E-state index contributed by atoms with van der Waals surface area (Å²) in [5.74, 6) is 0.619. The van der Waals surface area contributed by atoms with Crippen molar-refractivity contribution in [2.24, 2.45) is 5.92 Å². The molecule has 1 aliphatic heterocycles. The molecule has 1 N–H and O–H groups in total. The molecule has 1 amide bonds. The van der Waals surface area contributed by atoms with E-state index in [0.717, 1.165) is 48.6 Å². The lowest BCUT2D eigenvalue weighted by molar-refractivity contribution is -0.116. The molecule has 1 heterocycles. The number of rotatable bonds is 5. The number of amides is 1. The van der Waals surface area contributed by atoms with Crippen LogP contribution in [0, 0.1) is 5.92 Å². The fourth-order valence-corrected chi connectivity index (χ4v) is 2.68. The van der Waals surface area contributed by atoms with Gasteiger partial charge in [-0.05, 0) is 30.5 Å². The van der Waals surface area contributed by atoms with Gasteiger partial charge in [0.25, 0.3) is 0 Å². The summed E-state index contributed by atoms with van der Waals surface area (Å²) in [6.45, 7) is 7.44. The van der Waals surface area contributed by atoms with E-state index in [-0.39, 0.29) is 5.91 Å². The van der Waals surface area contributed by atoms with Crippen molar-refractivity contribution in [3.63, 3.8) is 0 Å². The maximum Gasteiger partial charge on any atom is 0.224 e. The minimum atomic E-state index is 0.0799. The van der Waals surface area contributed by atoms with Crippen LogP contribution < -0.4 is 10.2 Å². The minimum Gasteiger partial charge on any atom is -0.378 e. The maximum atomic E-state index is 12.1. The van der Waals surface area contributed by atoms with E-state index in [1.165, 1.54) is 0 Å². The highest BCUT2D eigenvalue weighted by Gasteiger charge is 2.16. The minimum absolute atomic E-state index is 0.0799. The Kier molecular flexibility index (Phi) is 6.06. The van der Waals surface area contributed by atoms with Gasteiger partial charge in [-0.15, -0.1) is 0 Å². The quantitative estimate of drug-likeness (QED) is 0.877. The molecule has 21 heavy (non-hydrogen) atoms. The molecular weight excluding hydrogens is 332 g/mol. The van der Waals surface area contributed by atoms with E-state index >= 15 is 0 Å². The van der Waals surface area contributed by atoms with E-state index in [0.29, 0.717) is 12.3 Å². The molecule has 5 heteroatoms. The number of carbonyl (C=O) groups excluding carboxylic acids is 1. The Hall–Kier alpha value is -1.07. The summed E-state index contributed by atoms with van der Waals surface area (Å²) in [5, 5.41) is 3.05. The predicted molar refractivity (Wildman–Crippen MR) is 89.9 cm³/mol. The second kappa shape index (κ2) is 7.80. The number of morpholine rings is 1. The van der Waals surface area contributed by atoms with Crippen LogP contribution in [0.4, 0.5) is 11.4 Å². The van der Waals surface area contributed by atoms with E-state index in [1.807, 2.05) is 18.2 Å². The number of hydrogen-bond acceptors (Lipinski definition) is 3. The zero-order chi connectivity index (χ0) is 15.2. The molecule has 1 aromatic rings. The summed E-state index contributed by atoms with van der Waals surface area (Å²) in [7, 11) is 0. The summed E-state index contributed by atoms with van der Waals surface area (Å²) in [4.78, 5) is 14.4. The van der Waals surface area contributed by atoms with Crippen LogP contribution in [0.1, 0.15) is 26.7 Å². The van der Waals surface area contributed by atoms with Crippen LogP contribution in [0.25, 0.3) is 0 Å². The molecule has 0 bridgehead atoms. The Morgan fingerprint density at radius 2 is 2.10 bits per heavy atom. The fourth-order valence-electron chi connectivity index (χ4n) is 2.32. The van der Waals surface area contributed by atoms with E-state index in [1.54, 1.807) is 0 Å². The molecule has 1 aromatic carbocycles. The molecule has 1 saturated heterocycles. The fraction of sp³-hybridized carbons (Fsp3) is 0.562. The highest BCUT2D eigenvalue weighted by atomic mass is 79.9. The van der Waals surface area contributed by atoms with E-state index in [2.05, 4.69) is 40.0 Å². The van der Waals surface area contributed by atoms with Gasteiger partial charge in [-0.25, -0.2) is 0 Å². The first-order chi connectivity index (χ1) is 10.1. The lowest BCUT2D eigenvalue weighted by Gasteiger charge is -2.30. The van der Waals surface area contributed by atoms with Crippen LogP contribution in [0.2, 0.25) is 0 Å². The SMILES string of the molecule is CC(C)CCC(=O)Nc1cc(Br)ccc1N1CCOCC1. The third kappa shape index (κ3) is 5.00. The van der Waals surface area contributed by atoms with Crippen LogP contribution >= 0.6 is 15.9 Å². The molecule has 0 aliphatic carbocycles. The number of benzene rings is 1. The summed E-state index contributed by atoms with van der Waals surface area (Å²) in [5.41, 5.74) is 1.94. The maximum absolute atomic E-state index is 12.1. The largest absolute Gasteiger partial charge is 0.378 e. The molecule has 0 aromatic heterocycles. The predicted octanol–water partition coefficient (Wildman–Crippen LogP) is 3.66. The average molecular weight is 355 g/mol. The number of carbonyl (C=O) groups is 1. The van der Waals surface area contributed by atoms with E-state index in [9.17, 15) is 4.79 Å². The van der Waals surface area contributed by atoms with Gasteiger partial charge in [-0.3, -0.25) is 4.79 Å².